The van der Waals surface area contributed by atoms with Gasteiger partial charge in [-0.05, 0) is 20.8 Å². The molecular weight excluding hydrogens is 220 g/mol. The molecule has 0 bridgehead atoms. The lowest BCUT2D eigenvalue weighted by atomic mass is 10.4. The minimum atomic E-state index is -0.359. The van der Waals surface area contributed by atoms with E-state index in [9.17, 15) is 9.59 Å². The molecule has 0 aliphatic rings. The number of esters is 2. The lowest BCUT2D eigenvalue weighted by Crippen LogP contribution is -1.98. The summed E-state index contributed by atoms with van der Waals surface area (Å²) in [5.41, 5.74) is 0.433. The van der Waals surface area contributed by atoms with E-state index < -0.39 is 0 Å². The average Bonchev–Trinajstić information content (AvgIpc) is 2.30. The van der Waals surface area contributed by atoms with Crippen LogP contribution < -0.4 is 0 Å². The van der Waals surface area contributed by atoms with Gasteiger partial charge in [0.15, 0.2) is 0 Å². The van der Waals surface area contributed by atoms with Gasteiger partial charge in [-0.1, -0.05) is 19.2 Å². The fraction of sp³-hybridized carbons (Fsp3) is 0.385. The molecule has 17 heavy (non-hydrogen) atoms. The molecule has 0 aromatic heterocycles. The highest BCUT2D eigenvalue weighted by Gasteiger charge is 1.95. The second-order valence-corrected chi connectivity index (χ2v) is 2.64. The first-order valence-electron chi connectivity index (χ1n) is 5.01. The van der Waals surface area contributed by atoms with E-state index in [0.29, 0.717) is 12.2 Å². The highest BCUT2D eigenvalue weighted by molar-refractivity contribution is 5.86. The minimum Gasteiger partial charge on any atom is -0.466 e. The lowest BCUT2D eigenvalue weighted by molar-refractivity contribution is -0.137. The lowest BCUT2D eigenvalue weighted by Gasteiger charge is -1.91. The number of hydrogen-bond donors (Lipinski definition) is 0. The summed E-state index contributed by atoms with van der Waals surface area (Å²) in [6.07, 6.45) is 2.89. The third kappa shape index (κ3) is 25.0. The van der Waals surface area contributed by atoms with Gasteiger partial charge in [0.2, 0.25) is 0 Å². The monoisotopic (exact) mass is 242 g/mol. The molecule has 0 aliphatic heterocycles. The Labute approximate surface area is 104 Å². The van der Waals surface area contributed by atoms with Gasteiger partial charge < -0.3 is 9.47 Å². The first-order chi connectivity index (χ1) is 7.90. The van der Waals surface area contributed by atoms with Gasteiger partial charge in [0.05, 0.1) is 13.7 Å². The number of carbonyl (C=O) groups is 2. The van der Waals surface area contributed by atoms with Crippen molar-refractivity contribution in [2.24, 2.45) is 0 Å². The zero-order valence-corrected chi connectivity index (χ0v) is 11.1. The molecule has 0 heterocycles. The van der Waals surface area contributed by atoms with Crippen LogP contribution in [-0.4, -0.2) is 25.7 Å². The number of rotatable bonds is 3. The zero-order valence-electron chi connectivity index (χ0n) is 11.1. The number of carbonyl (C=O) groups excluding carboxylic acids is 2. The van der Waals surface area contributed by atoms with Crippen LogP contribution in [-0.2, 0) is 19.1 Å². The van der Waals surface area contributed by atoms with E-state index in [1.54, 1.807) is 19.9 Å². The van der Waals surface area contributed by atoms with Crippen molar-refractivity contribution in [1.29, 1.82) is 0 Å². The molecule has 4 heteroatoms. The molecule has 0 aliphatic carbocycles. The second kappa shape index (κ2) is 16.6. The van der Waals surface area contributed by atoms with E-state index >= 15 is 0 Å². The summed E-state index contributed by atoms with van der Waals surface area (Å²) < 4.78 is 8.71. The summed E-state index contributed by atoms with van der Waals surface area (Å²) in [4.78, 5) is 20.3. The van der Waals surface area contributed by atoms with E-state index in [2.05, 4.69) is 29.2 Å². The largest absolute Gasteiger partial charge is 0.466 e. The van der Waals surface area contributed by atoms with Crippen LogP contribution in [0.4, 0.5) is 0 Å². The van der Waals surface area contributed by atoms with Crippen LogP contribution in [0.15, 0.2) is 37.5 Å². The number of hydrogen-bond acceptors (Lipinski definition) is 4. The van der Waals surface area contributed by atoms with Gasteiger partial charge in [-0.2, -0.15) is 0 Å². The second-order valence-electron chi connectivity index (χ2n) is 2.64. The fourth-order valence-electron chi connectivity index (χ4n) is 0.375. The van der Waals surface area contributed by atoms with Crippen molar-refractivity contribution in [3.05, 3.63) is 37.5 Å². The molecule has 4 nitrogen and oxygen atoms in total. The Morgan fingerprint density at radius 2 is 1.71 bits per heavy atom. The summed E-state index contributed by atoms with van der Waals surface area (Å²) in [6, 6.07) is 0. The molecule has 0 atom stereocenters. The van der Waals surface area contributed by atoms with Crippen LogP contribution >= 0.6 is 0 Å². The van der Waals surface area contributed by atoms with Crippen LogP contribution in [0.25, 0.3) is 0 Å². The van der Waals surface area contributed by atoms with Gasteiger partial charge in [0.1, 0.15) is 0 Å². The van der Waals surface area contributed by atoms with Crippen molar-refractivity contribution in [2.45, 2.75) is 20.8 Å². The molecule has 0 aromatic rings. The summed E-state index contributed by atoms with van der Waals surface area (Å²) in [5.74, 6) is -0.706. The predicted octanol–water partition coefficient (Wildman–Crippen LogP) is 2.66. The minimum absolute atomic E-state index is 0.347. The first-order valence-corrected chi connectivity index (χ1v) is 5.01. The predicted molar refractivity (Wildman–Crippen MR) is 69.5 cm³/mol. The van der Waals surface area contributed by atoms with E-state index in [-0.39, 0.29) is 11.9 Å². The smallest absolute Gasteiger partial charge is 0.332 e. The fourth-order valence-corrected chi connectivity index (χ4v) is 0.375. The molecule has 98 valence electrons. The Bertz CT molecular complexity index is 252. The average molecular weight is 242 g/mol. The number of allylic oxidation sites excluding steroid dienone is 1. The third-order valence-corrected chi connectivity index (χ3v) is 0.987. The summed E-state index contributed by atoms with van der Waals surface area (Å²) >= 11 is 0. The van der Waals surface area contributed by atoms with E-state index in [1.807, 2.05) is 6.92 Å². The zero-order chi connectivity index (χ0) is 14.3. The number of methoxy groups -OCH3 is 1. The number of ether oxygens (including phenoxy) is 2. The van der Waals surface area contributed by atoms with Gasteiger partial charge in [-0.25, -0.2) is 9.59 Å². The maximum atomic E-state index is 10.2. The Morgan fingerprint density at radius 1 is 1.29 bits per heavy atom. The third-order valence-electron chi connectivity index (χ3n) is 0.987. The van der Waals surface area contributed by atoms with Crippen molar-refractivity contribution >= 4 is 11.9 Å². The van der Waals surface area contributed by atoms with Gasteiger partial charge in [-0.3, -0.25) is 0 Å². The molecular formula is C13H22O4. The standard InChI is InChI=1S/2C5H8O2.C3H6/c1-4(2)5(6)7-3;1-3-5(6)7-4-2;1-3-2/h1H2,2-3H3;3H,1,4H2,2H3;3H,1H2,2H3. The van der Waals surface area contributed by atoms with Crippen molar-refractivity contribution in [2.75, 3.05) is 13.7 Å². The molecule has 0 spiro atoms. The molecule has 0 fully saturated rings. The topological polar surface area (TPSA) is 52.6 Å². The molecule has 0 saturated carbocycles. The van der Waals surface area contributed by atoms with E-state index in [4.69, 9.17) is 0 Å². The van der Waals surface area contributed by atoms with Crippen molar-refractivity contribution < 1.29 is 19.1 Å². The quantitative estimate of drug-likeness (QED) is 0.434. The molecule has 0 aromatic carbocycles. The normalized spacial score (nSPS) is 7.06. The van der Waals surface area contributed by atoms with Crippen LogP contribution in [0.2, 0.25) is 0 Å². The summed E-state index contributed by atoms with van der Waals surface area (Å²) in [6.45, 7) is 15.6. The Kier molecular flexibility index (Phi) is 20.1. The first kappa shape index (κ1) is 20.6. The van der Waals surface area contributed by atoms with Gasteiger partial charge in [0.25, 0.3) is 0 Å². The molecule has 0 amide bonds. The molecule has 0 radical (unpaired) electrons. The molecule has 0 unspecified atom stereocenters. The Morgan fingerprint density at radius 3 is 1.76 bits per heavy atom. The molecule has 0 rings (SSSR count). The van der Waals surface area contributed by atoms with E-state index in [1.165, 1.54) is 7.11 Å². The van der Waals surface area contributed by atoms with Crippen molar-refractivity contribution in [3.63, 3.8) is 0 Å². The van der Waals surface area contributed by atoms with Crippen molar-refractivity contribution in [3.8, 4) is 0 Å². The van der Waals surface area contributed by atoms with Crippen LogP contribution in [0.5, 0.6) is 0 Å². The van der Waals surface area contributed by atoms with Crippen LogP contribution in [0.1, 0.15) is 20.8 Å². The maximum absolute atomic E-state index is 10.2. The maximum Gasteiger partial charge on any atom is 0.332 e. The van der Waals surface area contributed by atoms with E-state index in [0.717, 1.165) is 6.08 Å². The molecule has 0 N–H and O–H groups in total. The van der Waals surface area contributed by atoms with Gasteiger partial charge in [0, 0.05) is 11.6 Å². The highest BCUT2D eigenvalue weighted by atomic mass is 16.5. The van der Waals surface area contributed by atoms with Crippen LogP contribution in [0.3, 0.4) is 0 Å². The summed E-state index contributed by atoms with van der Waals surface area (Å²) in [5, 5.41) is 0. The van der Waals surface area contributed by atoms with Crippen molar-refractivity contribution in [1.82, 2.24) is 0 Å². The highest BCUT2D eigenvalue weighted by Crippen LogP contribution is 1.87. The van der Waals surface area contributed by atoms with Gasteiger partial charge >= 0.3 is 11.9 Å². The molecule has 0 saturated heterocycles. The Balaban J connectivity index is -0.000000188. The van der Waals surface area contributed by atoms with Gasteiger partial charge in [-0.15, -0.1) is 6.58 Å². The van der Waals surface area contributed by atoms with Crippen LogP contribution in [0, 0.1) is 0 Å². The summed E-state index contributed by atoms with van der Waals surface area (Å²) in [7, 11) is 1.33. The Hall–Kier alpha value is -1.84. The SMILES string of the molecule is C=C(C)C(=O)OC.C=CC.C=CC(=O)OCC.